The molecular formula is C11H16ClN3O. The number of aryl methyl sites for hydroxylation is 1. The lowest BCUT2D eigenvalue weighted by Crippen LogP contribution is -2.10. The second-order valence-corrected chi connectivity index (χ2v) is 3.90. The lowest BCUT2D eigenvalue weighted by molar-refractivity contribution is 0.280. The van der Waals surface area contributed by atoms with Crippen LogP contribution >= 0.6 is 11.6 Å². The molecule has 5 heteroatoms. The third kappa shape index (κ3) is 2.33. The monoisotopic (exact) mass is 241 g/mol. The first-order valence-corrected chi connectivity index (χ1v) is 5.49. The number of rotatable bonds is 4. The molecular weight excluding hydrogens is 226 g/mol. The second kappa shape index (κ2) is 5.27. The smallest absolute Gasteiger partial charge is 0.136 e. The number of halogens is 1. The Kier molecular flexibility index (Phi) is 4.26. The van der Waals surface area contributed by atoms with Gasteiger partial charge in [-0.2, -0.15) is 0 Å². The van der Waals surface area contributed by atoms with Gasteiger partial charge in [-0.05, 0) is 20.8 Å². The minimum Gasteiger partial charge on any atom is -0.392 e. The van der Waals surface area contributed by atoms with Crippen molar-refractivity contribution in [3.8, 4) is 0 Å². The molecule has 88 valence electrons. The molecule has 0 saturated heterocycles. The molecule has 3 N–H and O–H groups in total. The molecule has 1 aromatic heterocycles. The summed E-state index contributed by atoms with van der Waals surface area (Å²) in [5, 5.41) is 20.4. The number of aliphatic hydroxyl groups is 1. The molecule has 0 bridgehead atoms. The third-order valence-corrected chi connectivity index (χ3v) is 2.73. The zero-order valence-corrected chi connectivity index (χ0v) is 10.4. The first-order valence-electron chi connectivity index (χ1n) is 5.12. The Morgan fingerprint density at radius 1 is 1.56 bits per heavy atom. The lowest BCUT2D eigenvalue weighted by Gasteiger charge is -2.15. The van der Waals surface area contributed by atoms with E-state index in [1.165, 1.54) is 0 Å². The van der Waals surface area contributed by atoms with Crippen molar-refractivity contribution in [1.82, 2.24) is 4.98 Å². The van der Waals surface area contributed by atoms with Gasteiger partial charge in [0.1, 0.15) is 5.82 Å². The highest BCUT2D eigenvalue weighted by Gasteiger charge is 2.16. The molecule has 0 spiro atoms. The summed E-state index contributed by atoms with van der Waals surface area (Å²) in [7, 11) is 0. The average molecular weight is 242 g/mol. The predicted molar refractivity (Wildman–Crippen MR) is 66.6 cm³/mol. The average Bonchev–Trinajstić information content (AvgIpc) is 2.17. The summed E-state index contributed by atoms with van der Waals surface area (Å²) in [6, 6.07) is 0. The molecule has 0 fully saturated rings. The van der Waals surface area contributed by atoms with Gasteiger partial charge in [0.15, 0.2) is 0 Å². The maximum absolute atomic E-state index is 9.21. The SMILES string of the molecule is CCNc1nc(C)c(CO)c(Cl)c1C(C)=N. The van der Waals surface area contributed by atoms with Crippen LogP contribution in [0.3, 0.4) is 0 Å². The van der Waals surface area contributed by atoms with Gasteiger partial charge in [0.2, 0.25) is 0 Å². The van der Waals surface area contributed by atoms with Crippen LogP contribution in [0.25, 0.3) is 0 Å². The molecule has 0 amide bonds. The number of hydrogen-bond acceptors (Lipinski definition) is 4. The zero-order valence-electron chi connectivity index (χ0n) is 9.69. The third-order valence-electron chi connectivity index (χ3n) is 2.31. The van der Waals surface area contributed by atoms with Gasteiger partial charge in [-0.25, -0.2) is 4.98 Å². The number of nitrogens with one attached hydrogen (secondary N) is 2. The topological polar surface area (TPSA) is 69.0 Å². The molecule has 1 aromatic rings. The van der Waals surface area contributed by atoms with Crippen LogP contribution in [0.1, 0.15) is 30.7 Å². The minimum atomic E-state index is -0.162. The van der Waals surface area contributed by atoms with E-state index in [0.717, 1.165) is 0 Å². The van der Waals surface area contributed by atoms with Crippen molar-refractivity contribution in [1.29, 1.82) is 5.41 Å². The van der Waals surface area contributed by atoms with Crippen LogP contribution in [0.15, 0.2) is 0 Å². The summed E-state index contributed by atoms with van der Waals surface area (Å²) in [6.07, 6.45) is 0. The van der Waals surface area contributed by atoms with Gasteiger partial charge in [-0.15, -0.1) is 0 Å². The van der Waals surface area contributed by atoms with Crippen molar-refractivity contribution >= 4 is 23.1 Å². The van der Waals surface area contributed by atoms with Gasteiger partial charge in [0.25, 0.3) is 0 Å². The highest BCUT2D eigenvalue weighted by molar-refractivity contribution is 6.35. The van der Waals surface area contributed by atoms with Crippen molar-refractivity contribution in [2.75, 3.05) is 11.9 Å². The van der Waals surface area contributed by atoms with Crippen LogP contribution in [-0.2, 0) is 6.61 Å². The molecule has 0 aliphatic rings. The Morgan fingerprint density at radius 2 is 2.19 bits per heavy atom. The summed E-state index contributed by atoms with van der Waals surface area (Å²) < 4.78 is 0. The van der Waals surface area contributed by atoms with Crippen molar-refractivity contribution in [2.45, 2.75) is 27.4 Å². The highest BCUT2D eigenvalue weighted by Crippen LogP contribution is 2.29. The standard InChI is InChI=1S/C11H16ClN3O/c1-4-14-11-9(6(2)13)10(12)8(5-16)7(3)15-11/h13,16H,4-5H2,1-3H3,(H,14,15). The number of aromatic nitrogens is 1. The van der Waals surface area contributed by atoms with Gasteiger partial charge >= 0.3 is 0 Å². The molecule has 0 atom stereocenters. The van der Waals surface area contributed by atoms with Crippen molar-refractivity contribution in [3.05, 3.63) is 21.8 Å². The van der Waals surface area contributed by atoms with E-state index in [2.05, 4.69) is 10.3 Å². The van der Waals surface area contributed by atoms with Crippen LogP contribution in [-0.4, -0.2) is 22.3 Å². The summed E-state index contributed by atoms with van der Waals surface area (Å²) >= 11 is 6.17. The Labute approximate surface area is 100 Å². The summed E-state index contributed by atoms with van der Waals surface area (Å²) in [5.74, 6) is 0.606. The van der Waals surface area contributed by atoms with Crippen LogP contribution in [0.5, 0.6) is 0 Å². The molecule has 16 heavy (non-hydrogen) atoms. The first kappa shape index (κ1) is 12.9. The Morgan fingerprint density at radius 3 is 2.62 bits per heavy atom. The number of aliphatic hydroxyl groups excluding tert-OH is 1. The van der Waals surface area contributed by atoms with Crippen LogP contribution in [0.4, 0.5) is 5.82 Å². The molecule has 1 heterocycles. The molecule has 0 radical (unpaired) electrons. The van der Waals surface area contributed by atoms with Gasteiger partial charge < -0.3 is 15.8 Å². The predicted octanol–water partition coefficient (Wildman–Crippen LogP) is 2.36. The minimum absolute atomic E-state index is 0.162. The van der Waals surface area contributed by atoms with Crippen molar-refractivity contribution in [3.63, 3.8) is 0 Å². The largest absolute Gasteiger partial charge is 0.392 e. The fourth-order valence-electron chi connectivity index (χ4n) is 1.53. The van der Waals surface area contributed by atoms with Gasteiger partial charge in [0.05, 0.1) is 17.2 Å². The molecule has 0 saturated carbocycles. The molecule has 0 unspecified atom stereocenters. The van der Waals surface area contributed by atoms with Gasteiger partial charge in [-0.3, -0.25) is 0 Å². The van der Waals surface area contributed by atoms with E-state index < -0.39 is 0 Å². The van der Waals surface area contributed by atoms with Gasteiger partial charge in [-0.1, -0.05) is 11.6 Å². The summed E-state index contributed by atoms with van der Waals surface area (Å²) in [5.41, 5.74) is 2.18. The maximum atomic E-state index is 9.21. The van der Waals surface area contributed by atoms with E-state index in [0.29, 0.717) is 39.9 Å². The first-order chi connectivity index (χ1) is 7.52. The summed E-state index contributed by atoms with van der Waals surface area (Å²) in [6.45, 7) is 5.95. The normalized spacial score (nSPS) is 10.3. The van der Waals surface area contributed by atoms with E-state index in [4.69, 9.17) is 17.0 Å². The summed E-state index contributed by atoms with van der Waals surface area (Å²) in [4.78, 5) is 4.32. The van der Waals surface area contributed by atoms with E-state index in [1.54, 1.807) is 13.8 Å². The lowest BCUT2D eigenvalue weighted by atomic mass is 10.1. The van der Waals surface area contributed by atoms with E-state index in [-0.39, 0.29) is 6.61 Å². The second-order valence-electron chi connectivity index (χ2n) is 3.53. The van der Waals surface area contributed by atoms with Gasteiger partial charge in [0, 0.05) is 23.5 Å². The quantitative estimate of drug-likeness (QED) is 0.709. The Bertz CT molecular complexity index is 418. The Balaban J connectivity index is 3.46. The fraction of sp³-hybridized carbons (Fsp3) is 0.455. The van der Waals surface area contributed by atoms with Crippen LogP contribution in [0, 0.1) is 12.3 Å². The highest BCUT2D eigenvalue weighted by atomic mass is 35.5. The van der Waals surface area contributed by atoms with Crippen molar-refractivity contribution in [2.24, 2.45) is 0 Å². The molecule has 0 aromatic carbocycles. The number of pyridine rings is 1. The number of anilines is 1. The van der Waals surface area contributed by atoms with E-state index in [1.807, 2.05) is 6.92 Å². The maximum Gasteiger partial charge on any atom is 0.136 e. The fourth-order valence-corrected chi connectivity index (χ4v) is 1.95. The molecule has 0 aliphatic heterocycles. The van der Waals surface area contributed by atoms with Crippen LogP contribution < -0.4 is 5.32 Å². The van der Waals surface area contributed by atoms with Crippen molar-refractivity contribution < 1.29 is 5.11 Å². The molecule has 0 aliphatic carbocycles. The van der Waals surface area contributed by atoms with E-state index >= 15 is 0 Å². The number of hydrogen-bond donors (Lipinski definition) is 3. The molecule has 1 rings (SSSR count). The van der Waals surface area contributed by atoms with E-state index in [9.17, 15) is 5.11 Å². The molecule has 4 nitrogen and oxygen atoms in total. The zero-order chi connectivity index (χ0) is 12.3. The number of nitrogens with zero attached hydrogens (tertiary/aromatic N) is 1. The van der Waals surface area contributed by atoms with Crippen LogP contribution in [0.2, 0.25) is 5.02 Å². The Hall–Kier alpha value is -1.13.